The molecule has 0 radical (unpaired) electrons. The average molecular weight is 255 g/mol. The molecule has 0 spiro atoms. The second kappa shape index (κ2) is 5.74. The van der Waals surface area contributed by atoms with Gasteiger partial charge in [-0.1, -0.05) is 19.1 Å². The minimum Gasteiger partial charge on any atom is -0.444 e. The molecule has 1 amide bonds. The van der Waals surface area contributed by atoms with Crippen molar-refractivity contribution in [2.45, 2.75) is 52.9 Å². The van der Waals surface area contributed by atoms with Crippen LogP contribution in [-0.2, 0) is 9.47 Å². The highest BCUT2D eigenvalue weighted by Crippen LogP contribution is 2.28. The smallest absolute Gasteiger partial charge is 0.412 e. The van der Waals surface area contributed by atoms with Crippen LogP contribution in [0, 0.1) is 5.92 Å². The lowest BCUT2D eigenvalue weighted by Gasteiger charge is -2.39. The van der Waals surface area contributed by atoms with Gasteiger partial charge in [0.25, 0.3) is 0 Å². The van der Waals surface area contributed by atoms with E-state index < -0.39 is 5.60 Å². The maximum absolute atomic E-state index is 12.1. The molecular formula is C14H25NO3. The van der Waals surface area contributed by atoms with Gasteiger partial charge in [-0.25, -0.2) is 4.79 Å². The Kier molecular flexibility index (Phi) is 4.79. The van der Waals surface area contributed by atoms with Crippen molar-refractivity contribution >= 4 is 6.09 Å². The fraction of sp³-hybridized carbons (Fsp3) is 0.786. The molecule has 0 aromatic heterocycles. The predicted octanol–water partition coefficient (Wildman–Crippen LogP) is 3.18. The van der Waals surface area contributed by atoms with E-state index in [1.165, 1.54) is 0 Å². The zero-order chi connectivity index (χ0) is 13.9. The number of ether oxygens (including phenoxy) is 2. The summed E-state index contributed by atoms with van der Waals surface area (Å²) < 4.78 is 11.0. The molecule has 0 bridgehead atoms. The molecule has 2 unspecified atom stereocenters. The standard InChI is InChI=1S/C14H25NO3/c1-7-17-12-8-10(2)11(3)9-15(12)13(16)18-14(4,5)6/h10,12H,3,7-9H2,1-2,4-6H3. The second-order valence-electron chi connectivity index (χ2n) is 5.81. The molecule has 1 saturated heterocycles. The molecule has 4 nitrogen and oxygen atoms in total. The molecule has 0 N–H and O–H groups in total. The molecule has 1 fully saturated rings. The van der Waals surface area contributed by atoms with Gasteiger partial charge in [-0.3, -0.25) is 4.90 Å². The van der Waals surface area contributed by atoms with E-state index in [0.717, 1.165) is 12.0 Å². The molecule has 1 aliphatic rings. The molecule has 2 atom stereocenters. The van der Waals surface area contributed by atoms with E-state index >= 15 is 0 Å². The Labute approximate surface area is 110 Å². The summed E-state index contributed by atoms with van der Waals surface area (Å²) in [6, 6.07) is 0. The van der Waals surface area contributed by atoms with E-state index in [-0.39, 0.29) is 12.3 Å². The topological polar surface area (TPSA) is 38.8 Å². The van der Waals surface area contributed by atoms with Crippen molar-refractivity contribution in [1.29, 1.82) is 0 Å². The van der Waals surface area contributed by atoms with Crippen molar-refractivity contribution in [3.8, 4) is 0 Å². The first-order chi connectivity index (χ1) is 8.24. The predicted molar refractivity (Wildman–Crippen MR) is 71.3 cm³/mol. The van der Waals surface area contributed by atoms with Gasteiger partial charge in [0, 0.05) is 13.2 Å². The summed E-state index contributed by atoms with van der Waals surface area (Å²) in [6.07, 6.45) is 0.255. The summed E-state index contributed by atoms with van der Waals surface area (Å²) in [5.74, 6) is 0.375. The number of piperidine rings is 1. The van der Waals surface area contributed by atoms with Gasteiger partial charge in [-0.15, -0.1) is 0 Å². The van der Waals surface area contributed by atoms with Crippen molar-refractivity contribution in [1.82, 2.24) is 4.90 Å². The molecule has 1 rings (SSSR count). The van der Waals surface area contributed by atoms with Crippen molar-refractivity contribution < 1.29 is 14.3 Å². The molecule has 0 aromatic rings. The third kappa shape index (κ3) is 4.02. The minimum atomic E-state index is -0.488. The molecule has 1 aliphatic heterocycles. The highest BCUT2D eigenvalue weighted by molar-refractivity contribution is 5.69. The van der Waals surface area contributed by atoms with Crippen LogP contribution < -0.4 is 0 Å². The molecule has 18 heavy (non-hydrogen) atoms. The summed E-state index contributed by atoms with van der Waals surface area (Å²) >= 11 is 0. The number of amides is 1. The average Bonchev–Trinajstić information content (AvgIpc) is 2.20. The SMILES string of the molecule is C=C1CN(C(=O)OC(C)(C)C)C(OCC)CC1C. The number of hydrogen-bond donors (Lipinski definition) is 0. The fourth-order valence-corrected chi connectivity index (χ4v) is 1.93. The highest BCUT2D eigenvalue weighted by Gasteiger charge is 2.34. The van der Waals surface area contributed by atoms with Crippen LogP contribution in [0.3, 0.4) is 0 Å². The summed E-state index contributed by atoms with van der Waals surface area (Å²) in [5, 5.41) is 0. The lowest BCUT2D eigenvalue weighted by molar-refractivity contribution is -0.0782. The Hall–Kier alpha value is -1.03. The van der Waals surface area contributed by atoms with Crippen LogP contribution in [0.15, 0.2) is 12.2 Å². The first-order valence-electron chi connectivity index (χ1n) is 6.53. The maximum Gasteiger partial charge on any atom is 0.412 e. The highest BCUT2D eigenvalue weighted by atomic mass is 16.6. The van der Waals surface area contributed by atoms with Gasteiger partial charge in [-0.2, -0.15) is 0 Å². The van der Waals surface area contributed by atoms with Crippen molar-refractivity contribution in [2.24, 2.45) is 5.92 Å². The Balaban J connectivity index is 2.75. The number of hydrogen-bond acceptors (Lipinski definition) is 3. The lowest BCUT2D eigenvalue weighted by Crippen LogP contribution is -2.49. The number of likely N-dealkylation sites (tertiary alicyclic amines) is 1. The monoisotopic (exact) mass is 255 g/mol. The number of carbonyl (C=O) groups is 1. The number of carbonyl (C=O) groups excluding carboxylic acids is 1. The van der Waals surface area contributed by atoms with Gasteiger partial charge in [0.2, 0.25) is 0 Å². The van der Waals surface area contributed by atoms with Crippen LogP contribution in [-0.4, -0.2) is 36.0 Å². The third-order valence-electron chi connectivity index (χ3n) is 2.96. The summed E-state index contributed by atoms with van der Waals surface area (Å²) in [5.41, 5.74) is 0.565. The van der Waals surface area contributed by atoms with Crippen molar-refractivity contribution in [3.63, 3.8) is 0 Å². The minimum absolute atomic E-state index is 0.203. The zero-order valence-corrected chi connectivity index (χ0v) is 12.2. The van der Waals surface area contributed by atoms with Crippen LogP contribution in [0.5, 0.6) is 0 Å². The van der Waals surface area contributed by atoms with E-state index in [0.29, 0.717) is 19.1 Å². The summed E-state index contributed by atoms with van der Waals surface area (Å²) in [4.78, 5) is 13.8. The quantitative estimate of drug-likeness (QED) is 0.711. The molecular weight excluding hydrogens is 230 g/mol. The van der Waals surface area contributed by atoms with E-state index in [2.05, 4.69) is 13.5 Å². The molecule has 4 heteroatoms. The second-order valence-corrected chi connectivity index (χ2v) is 5.81. The Morgan fingerprint density at radius 3 is 2.61 bits per heavy atom. The van der Waals surface area contributed by atoms with Gasteiger partial charge < -0.3 is 9.47 Å². The number of rotatable bonds is 2. The molecule has 0 aromatic carbocycles. The fourth-order valence-electron chi connectivity index (χ4n) is 1.93. The van der Waals surface area contributed by atoms with Gasteiger partial charge >= 0.3 is 6.09 Å². The van der Waals surface area contributed by atoms with Gasteiger partial charge in [-0.05, 0) is 40.0 Å². The molecule has 104 valence electrons. The van der Waals surface area contributed by atoms with Crippen molar-refractivity contribution in [3.05, 3.63) is 12.2 Å². The summed E-state index contributed by atoms with van der Waals surface area (Å²) in [7, 11) is 0. The first kappa shape index (κ1) is 15.0. The normalized spacial score (nSPS) is 25.2. The van der Waals surface area contributed by atoms with E-state index in [9.17, 15) is 4.79 Å². The number of nitrogens with zero attached hydrogens (tertiary/aromatic N) is 1. The Morgan fingerprint density at radius 2 is 2.11 bits per heavy atom. The molecule has 1 heterocycles. The van der Waals surface area contributed by atoms with Gasteiger partial charge in [0.15, 0.2) is 0 Å². The van der Waals surface area contributed by atoms with E-state index in [1.807, 2.05) is 27.7 Å². The first-order valence-corrected chi connectivity index (χ1v) is 6.53. The largest absolute Gasteiger partial charge is 0.444 e. The maximum atomic E-state index is 12.1. The zero-order valence-electron chi connectivity index (χ0n) is 12.2. The third-order valence-corrected chi connectivity index (χ3v) is 2.96. The molecule has 0 aliphatic carbocycles. The Bertz CT molecular complexity index is 319. The molecule has 0 saturated carbocycles. The van der Waals surface area contributed by atoms with Gasteiger partial charge in [0.05, 0.1) is 0 Å². The van der Waals surface area contributed by atoms with E-state index in [4.69, 9.17) is 9.47 Å². The van der Waals surface area contributed by atoms with Crippen LogP contribution in [0.25, 0.3) is 0 Å². The van der Waals surface area contributed by atoms with E-state index in [1.54, 1.807) is 4.90 Å². The van der Waals surface area contributed by atoms with Crippen LogP contribution in [0.2, 0.25) is 0 Å². The Morgan fingerprint density at radius 1 is 1.50 bits per heavy atom. The van der Waals surface area contributed by atoms with Crippen molar-refractivity contribution in [2.75, 3.05) is 13.2 Å². The van der Waals surface area contributed by atoms with Crippen LogP contribution >= 0.6 is 0 Å². The van der Waals surface area contributed by atoms with Crippen LogP contribution in [0.1, 0.15) is 41.0 Å². The lowest BCUT2D eigenvalue weighted by atomic mass is 9.93. The van der Waals surface area contributed by atoms with Gasteiger partial charge in [0.1, 0.15) is 11.8 Å². The summed E-state index contributed by atoms with van der Waals surface area (Å²) in [6.45, 7) is 14.7. The van der Waals surface area contributed by atoms with Crippen LogP contribution in [0.4, 0.5) is 4.79 Å².